The van der Waals surface area contributed by atoms with Crippen LogP contribution in [0, 0.1) is 0 Å². The van der Waals surface area contributed by atoms with E-state index in [0.717, 1.165) is 5.06 Å². The van der Waals surface area contributed by atoms with Gasteiger partial charge in [0.1, 0.15) is 11.6 Å². The third kappa shape index (κ3) is 5.63. The highest BCUT2D eigenvalue weighted by atomic mass is 16.7. The molecular weight excluding hydrogens is 288 g/mol. The molecule has 2 N–H and O–H groups in total. The van der Waals surface area contributed by atoms with Crippen LogP contribution in [0.3, 0.4) is 0 Å². The Bertz CT molecular complexity index is 405. The van der Waals surface area contributed by atoms with E-state index in [1.54, 1.807) is 34.6 Å². The molecule has 0 aromatic heterocycles. The van der Waals surface area contributed by atoms with Gasteiger partial charge in [0.15, 0.2) is 0 Å². The number of hydrogen-bond donors (Lipinski definition) is 2. The Morgan fingerprint density at radius 3 is 2.14 bits per heavy atom. The molecule has 7 nitrogen and oxygen atoms in total. The summed E-state index contributed by atoms with van der Waals surface area (Å²) in [6, 6.07) is -0.980. The van der Waals surface area contributed by atoms with E-state index in [-0.39, 0.29) is 6.42 Å². The van der Waals surface area contributed by atoms with Crippen molar-refractivity contribution in [1.29, 1.82) is 0 Å². The zero-order chi connectivity index (χ0) is 17.6. The van der Waals surface area contributed by atoms with Crippen LogP contribution < -0.4 is 5.32 Å². The third-order valence-electron chi connectivity index (χ3n) is 3.31. The topological polar surface area (TPSA) is 95.9 Å². The standard InChI is InChI=1S/C15H28N2O5/c1-7-9-11(12(19)20)16-13(21)15(6,8-2)17(10-18)22-14(3,4)5/h10-11H,7-9H2,1-6H3,(H,16,21)(H,19,20)/t11-,15?/m1/s1. The fraction of sp³-hybridized carbons (Fsp3) is 0.800. The number of carbonyl (C=O) groups excluding carboxylic acids is 2. The zero-order valence-corrected chi connectivity index (χ0v) is 14.3. The second-order valence-electron chi connectivity index (χ2n) is 6.42. The molecule has 0 heterocycles. The molecule has 0 bridgehead atoms. The predicted octanol–water partition coefficient (Wildman–Crippen LogP) is 1.71. The number of hydroxylamine groups is 2. The SMILES string of the molecule is CCC[C@@H](NC(=O)C(C)(CC)N(C=O)OC(C)(C)C)C(=O)O. The normalized spacial score (nSPS) is 15.5. The van der Waals surface area contributed by atoms with Gasteiger partial charge in [0.25, 0.3) is 0 Å². The van der Waals surface area contributed by atoms with Crippen LogP contribution in [-0.2, 0) is 19.2 Å². The molecule has 0 saturated carbocycles. The summed E-state index contributed by atoms with van der Waals surface area (Å²) in [6.45, 7) is 10.4. The molecule has 22 heavy (non-hydrogen) atoms. The highest BCUT2D eigenvalue weighted by molar-refractivity contribution is 5.90. The number of hydrogen-bond acceptors (Lipinski definition) is 4. The van der Waals surface area contributed by atoms with Crippen molar-refractivity contribution in [2.75, 3.05) is 0 Å². The van der Waals surface area contributed by atoms with Gasteiger partial charge in [0.05, 0.1) is 5.60 Å². The molecule has 2 amide bonds. The summed E-state index contributed by atoms with van der Waals surface area (Å²) in [5.74, 6) is -1.64. The van der Waals surface area contributed by atoms with Gasteiger partial charge in [-0.1, -0.05) is 20.3 Å². The molecule has 0 radical (unpaired) electrons. The number of rotatable bonds is 9. The Morgan fingerprint density at radius 1 is 1.27 bits per heavy atom. The van der Waals surface area contributed by atoms with Crippen molar-refractivity contribution in [2.45, 2.75) is 78.0 Å². The number of nitrogens with one attached hydrogen (secondary N) is 1. The average molecular weight is 316 g/mol. The Labute approximate surface area is 132 Å². The minimum Gasteiger partial charge on any atom is -0.480 e. The molecule has 0 saturated heterocycles. The molecule has 0 aliphatic rings. The third-order valence-corrected chi connectivity index (χ3v) is 3.31. The number of carboxylic acids is 1. The summed E-state index contributed by atoms with van der Waals surface area (Å²) >= 11 is 0. The number of nitrogens with zero attached hydrogens (tertiary/aromatic N) is 1. The maximum Gasteiger partial charge on any atom is 0.326 e. The first-order valence-corrected chi connectivity index (χ1v) is 7.49. The summed E-state index contributed by atoms with van der Waals surface area (Å²) in [4.78, 5) is 40.6. The van der Waals surface area contributed by atoms with Gasteiger partial charge in [-0.15, -0.1) is 0 Å². The van der Waals surface area contributed by atoms with Gasteiger partial charge in [-0.2, -0.15) is 0 Å². The molecule has 7 heteroatoms. The Balaban J connectivity index is 5.28. The quantitative estimate of drug-likeness (QED) is 0.499. The molecule has 0 aliphatic carbocycles. The van der Waals surface area contributed by atoms with Crippen LogP contribution in [0.25, 0.3) is 0 Å². The number of carboxylic acid groups (broad SMARTS) is 1. The highest BCUT2D eigenvalue weighted by Crippen LogP contribution is 2.23. The molecule has 2 atom stereocenters. The van der Waals surface area contributed by atoms with Crippen LogP contribution in [0.4, 0.5) is 0 Å². The van der Waals surface area contributed by atoms with Crippen molar-refractivity contribution in [1.82, 2.24) is 10.4 Å². The van der Waals surface area contributed by atoms with Gasteiger partial charge >= 0.3 is 5.97 Å². The van der Waals surface area contributed by atoms with E-state index in [9.17, 15) is 14.4 Å². The van der Waals surface area contributed by atoms with Crippen molar-refractivity contribution in [2.24, 2.45) is 0 Å². The van der Waals surface area contributed by atoms with Crippen molar-refractivity contribution in [3.63, 3.8) is 0 Å². The van der Waals surface area contributed by atoms with Gasteiger partial charge < -0.3 is 10.4 Å². The zero-order valence-electron chi connectivity index (χ0n) is 14.3. The minimum atomic E-state index is -1.28. The molecule has 0 aromatic rings. The predicted molar refractivity (Wildman–Crippen MR) is 81.9 cm³/mol. The monoisotopic (exact) mass is 316 g/mol. The van der Waals surface area contributed by atoms with Crippen LogP contribution in [0.2, 0.25) is 0 Å². The van der Waals surface area contributed by atoms with Crippen molar-refractivity contribution in [3.05, 3.63) is 0 Å². The fourth-order valence-corrected chi connectivity index (χ4v) is 1.81. The van der Waals surface area contributed by atoms with Gasteiger partial charge in [0.2, 0.25) is 12.3 Å². The largest absolute Gasteiger partial charge is 0.480 e. The molecule has 0 fully saturated rings. The van der Waals surface area contributed by atoms with Crippen LogP contribution in [0.15, 0.2) is 0 Å². The molecule has 128 valence electrons. The second-order valence-corrected chi connectivity index (χ2v) is 6.42. The fourth-order valence-electron chi connectivity index (χ4n) is 1.81. The molecular formula is C15H28N2O5. The Kier molecular flexibility index (Phi) is 7.52. The first-order valence-electron chi connectivity index (χ1n) is 7.49. The number of carbonyl (C=O) groups is 3. The lowest BCUT2D eigenvalue weighted by atomic mass is 9.96. The highest BCUT2D eigenvalue weighted by Gasteiger charge is 2.41. The van der Waals surface area contributed by atoms with Crippen LogP contribution in [-0.4, -0.2) is 45.6 Å². The lowest BCUT2D eigenvalue weighted by Gasteiger charge is -2.39. The van der Waals surface area contributed by atoms with Crippen LogP contribution in [0.5, 0.6) is 0 Å². The maximum atomic E-state index is 12.5. The smallest absolute Gasteiger partial charge is 0.326 e. The van der Waals surface area contributed by atoms with E-state index in [1.807, 2.05) is 6.92 Å². The first kappa shape index (κ1) is 20.4. The van der Waals surface area contributed by atoms with Crippen molar-refractivity contribution in [3.8, 4) is 0 Å². The van der Waals surface area contributed by atoms with Gasteiger partial charge in [-0.3, -0.25) is 14.4 Å². The van der Waals surface area contributed by atoms with E-state index in [0.29, 0.717) is 19.3 Å². The molecule has 0 aliphatic heterocycles. The molecule has 0 aromatic carbocycles. The average Bonchev–Trinajstić information content (AvgIpc) is 2.42. The van der Waals surface area contributed by atoms with Crippen LogP contribution >= 0.6 is 0 Å². The first-order chi connectivity index (χ1) is 10.0. The number of amides is 2. The minimum absolute atomic E-state index is 0.284. The summed E-state index contributed by atoms with van der Waals surface area (Å²) in [6.07, 6.45) is 1.67. The Morgan fingerprint density at radius 2 is 1.82 bits per heavy atom. The second kappa shape index (κ2) is 8.12. The van der Waals surface area contributed by atoms with E-state index in [2.05, 4.69) is 5.32 Å². The van der Waals surface area contributed by atoms with Crippen LogP contribution in [0.1, 0.15) is 60.8 Å². The molecule has 1 unspecified atom stereocenters. The van der Waals surface area contributed by atoms with E-state index in [1.165, 1.54) is 0 Å². The number of aliphatic carboxylic acids is 1. The van der Waals surface area contributed by atoms with Gasteiger partial charge in [-0.25, -0.2) is 9.86 Å². The summed E-state index contributed by atoms with van der Waals surface area (Å²) < 4.78 is 0. The lowest BCUT2D eigenvalue weighted by molar-refractivity contribution is -0.250. The summed E-state index contributed by atoms with van der Waals surface area (Å²) in [5, 5.41) is 12.6. The lowest BCUT2D eigenvalue weighted by Crippen LogP contribution is -2.60. The summed E-state index contributed by atoms with van der Waals surface area (Å²) in [5.41, 5.74) is -1.94. The Hall–Kier alpha value is -1.63. The maximum absolute atomic E-state index is 12.5. The molecule has 0 spiro atoms. The van der Waals surface area contributed by atoms with Gasteiger partial charge in [-0.05, 0) is 40.5 Å². The molecule has 0 rings (SSSR count). The van der Waals surface area contributed by atoms with Crippen molar-refractivity contribution < 1.29 is 24.3 Å². The van der Waals surface area contributed by atoms with Gasteiger partial charge in [0, 0.05) is 0 Å². The van der Waals surface area contributed by atoms with E-state index in [4.69, 9.17) is 9.94 Å². The summed E-state index contributed by atoms with van der Waals surface area (Å²) in [7, 11) is 0. The van der Waals surface area contributed by atoms with E-state index >= 15 is 0 Å². The van der Waals surface area contributed by atoms with Crippen molar-refractivity contribution >= 4 is 18.3 Å². The van der Waals surface area contributed by atoms with E-state index < -0.39 is 29.1 Å².